The van der Waals surface area contributed by atoms with Gasteiger partial charge in [0.1, 0.15) is 12.7 Å². The highest BCUT2D eigenvalue weighted by atomic mass is 31.2. The molecule has 0 saturated carbocycles. The highest BCUT2D eigenvalue weighted by Crippen LogP contribution is 2.43. The van der Waals surface area contributed by atoms with Crippen molar-refractivity contribution in [1.29, 1.82) is 0 Å². The number of hydrogen-bond acceptors (Lipinski definition) is 9. The van der Waals surface area contributed by atoms with Crippen molar-refractivity contribution >= 4 is 19.8 Å². The molecule has 0 aliphatic rings. The predicted octanol–water partition coefficient (Wildman–Crippen LogP) is 10.8. The molecule has 0 aliphatic carbocycles. The van der Waals surface area contributed by atoms with E-state index >= 15 is 0 Å². The van der Waals surface area contributed by atoms with Crippen LogP contribution in [0.3, 0.4) is 0 Å². The number of hydrogen-bond donors (Lipinski definition) is 3. The van der Waals surface area contributed by atoms with Crippen LogP contribution in [0.25, 0.3) is 0 Å². The van der Waals surface area contributed by atoms with Crippen LogP contribution < -0.4 is 0 Å². The van der Waals surface area contributed by atoms with E-state index in [9.17, 15) is 24.2 Å². The molecule has 310 valence electrons. The van der Waals surface area contributed by atoms with Gasteiger partial charge in [-0.1, -0.05) is 159 Å². The zero-order valence-electron chi connectivity index (χ0n) is 33.5. The van der Waals surface area contributed by atoms with Crippen LogP contribution in [0, 0.1) is 0 Å². The maximum Gasteiger partial charge on any atom is 0.472 e. The Morgan fingerprint density at radius 3 is 1.57 bits per heavy atom. The third-order valence-corrected chi connectivity index (χ3v) is 9.76. The molecule has 0 radical (unpaired) electrons. The van der Waals surface area contributed by atoms with Crippen LogP contribution in [0.5, 0.6) is 0 Å². The molecular formula is C42H77O10P. The van der Waals surface area contributed by atoms with Crippen LogP contribution in [-0.4, -0.2) is 65.7 Å². The number of carbonyl (C=O) groups excluding carboxylic acids is 2. The molecule has 0 aromatic rings. The van der Waals surface area contributed by atoms with Crippen molar-refractivity contribution < 1.29 is 47.8 Å². The van der Waals surface area contributed by atoms with Crippen molar-refractivity contribution in [3.8, 4) is 0 Å². The summed E-state index contributed by atoms with van der Waals surface area (Å²) in [4.78, 5) is 34.9. The lowest BCUT2D eigenvalue weighted by atomic mass is 10.0. The molecule has 10 nitrogen and oxygen atoms in total. The van der Waals surface area contributed by atoms with Gasteiger partial charge in [-0.05, 0) is 44.9 Å². The van der Waals surface area contributed by atoms with Gasteiger partial charge in [-0.2, -0.15) is 0 Å². The Morgan fingerprint density at radius 2 is 1.04 bits per heavy atom. The van der Waals surface area contributed by atoms with Crippen LogP contribution in [0.1, 0.15) is 181 Å². The second-order valence-corrected chi connectivity index (χ2v) is 15.4. The lowest BCUT2D eigenvalue weighted by Crippen LogP contribution is -2.29. The third kappa shape index (κ3) is 38.3. The van der Waals surface area contributed by atoms with Crippen molar-refractivity contribution in [2.75, 3.05) is 26.4 Å². The Balaban J connectivity index is 4.33. The van der Waals surface area contributed by atoms with Gasteiger partial charge in [0.15, 0.2) is 6.10 Å². The molecule has 1 unspecified atom stereocenters. The van der Waals surface area contributed by atoms with Gasteiger partial charge in [0.25, 0.3) is 0 Å². The molecule has 0 aliphatic heterocycles. The van der Waals surface area contributed by atoms with Crippen LogP contribution in [-0.2, 0) is 32.7 Å². The summed E-state index contributed by atoms with van der Waals surface area (Å²) in [6, 6.07) is 0. The zero-order chi connectivity index (χ0) is 39.1. The topological polar surface area (TPSA) is 149 Å². The number of aliphatic hydroxyl groups is 2. The summed E-state index contributed by atoms with van der Waals surface area (Å²) >= 11 is 0. The molecule has 3 N–H and O–H groups in total. The summed E-state index contributed by atoms with van der Waals surface area (Å²) in [5, 5.41) is 18.3. The zero-order valence-corrected chi connectivity index (χ0v) is 34.4. The molecular weight excluding hydrogens is 695 g/mol. The number of carbonyl (C=O) groups is 2. The van der Waals surface area contributed by atoms with Crippen LogP contribution in [0.4, 0.5) is 0 Å². The minimum atomic E-state index is -4.62. The lowest BCUT2D eigenvalue weighted by molar-refractivity contribution is -0.161. The maximum atomic E-state index is 12.6. The first-order valence-electron chi connectivity index (χ1n) is 20.9. The molecule has 0 saturated heterocycles. The minimum absolute atomic E-state index is 0.183. The van der Waals surface area contributed by atoms with Gasteiger partial charge in [-0.3, -0.25) is 18.6 Å². The van der Waals surface area contributed by atoms with Crippen molar-refractivity contribution in [3.05, 3.63) is 36.5 Å². The number of phosphoric acid groups is 1. The second-order valence-electron chi connectivity index (χ2n) is 14.0. The molecule has 0 heterocycles. The average molecular weight is 773 g/mol. The number of rotatable bonds is 39. The van der Waals surface area contributed by atoms with Gasteiger partial charge >= 0.3 is 19.8 Å². The van der Waals surface area contributed by atoms with Crippen molar-refractivity contribution in [1.82, 2.24) is 0 Å². The molecule has 53 heavy (non-hydrogen) atoms. The highest BCUT2D eigenvalue weighted by molar-refractivity contribution is 7.47. The lowest BCUT2D eigenvalue weighted by Gasteiger charge is -2.20. The summed E-state index contributed by atoms with van der Waals surface area (Å²) < 4.78 is 32.7. The van der Waals surface area contributed by atoms with Crippen molar-refractivity contribution in [2.24, 2.45) is 0 Å². The fraction of sp³-hybridized carbons (Fsp3) is 0.810. The summed E-state index contributed by atoms with van der Waals surface area (Å²) in [5.41, 5.74) is 0. The SMILES string of the molecule is CC/C=C/C/C=C/C/C=C/CCCCCCCC(=O)OC[C@H](COP(=O)(O)OC[C@@H](O)CO)OC(=O)CCCCCCCCCCCCCCCCC. The molecule has 0 aromatic heterocycles. The van der Waals surface area contributed by atoms with Gasteiger partial charge in [0.05, 0.1) is 19.8 Å². The Kier molecular flexibility index (Phi) is 37.2. The Morgan fingerprint density at radius 1 is 0.585 bits per heavy atom. The third-order valence-electron chi connectivity index (χ3n) is 8.81. The summed E-state index contributed by atoms with van der Waals surface area (Å²) in [6.45, 7) is 2.25. The first-order chi connectivity index (χ1) is 25.7. The predicted molar refractivity (Wildman–Crippen MR) is 214 cm³/mol. The van der Waals surface area contributed by atoms with Crippen molar-refractivity contribution in [3.63, 3.8) is 0 Å². The Labute approximate surface area is 322 Å². The number of allylic oxidation sites excluding steroid dienone is 6. The largest absolute Gasteiger partial charge is 0.472 e. The average Bonchev–Trinajstić information content (AvgIpc) is 3.14. The van der Waals surface area contributed by atoms with Gasteiger partial charge in [0, 0.05) is 12.8 Å². The molecule has 0 spiro atoms. The number of phosphoric ester groups is 1. The summed E-state index contributed by atoms with van der Waals surface area (Å²) in [5.74, 6) is -0.941. The van der Waals surface area contributed by atoms with E-state index in [1.54, 1.807) is 0 Å². The van der Waals surface area contributed by atoms with Crippen LogP contribution in [0.2, 0.25) is 0 Å². The van der Waals surface area contributed by atoms with E-state index in [-0.39, 0.29) is 19.4 Å². The van der Waals surface area contributed by atoms with E-state index < -0.39 is 51.8 Å². The van der Waals surface area contributed by atoms with E-state index in [0.29, 0.717) is 12.8 Å². The van der Waals surface area contributed by atoms with Crippen LogP contribution in [0.15, 0.2) is 36.5 Å². The smallest absolute Gasteiger partial charge is 0.462 e. The molecule has 0 amide bonds. The fourth-order valence-electron chi connectivity index (χ4n) is 5.60. The second kappa shape index (κ2) is 38.5. The van der Waals surface area contributed by atoms with Gasteiger partial charge < -0.3 is 24.6 Å². The molecule has 0 aromatic carbocycles. The van der Waals surface area contributed by atoms with E-state index in [1.165, 1.54) is 70.6 Å². The number of esters is 2. The molecule has 0 rings (SSSR count). The van der Waals surface area contributed by atoms with E-state index in [4.69, 9.17) is 19.1 Å². The monoisotopic (exact) mass is 773 g/mol. The summed E-state index contributed by atoms with van der Waals surface area (Å²) in [7, 11) is -4.62. The van der Waals surface area contributed by atoms with Gasteiger partial charge in [-0.25, -0.2) is 4.57 Å². The highest BCUT2D eigenvalue weighted by Gasteiger charge is 2.27. The van der Waals surface area contributed by atoms with Gasteiger partial charge in [0.2, 0.25) is 0 Å². The first kappa shape index (κ1) is 51.2. The number of aliphatic hydroxyl groups excluding tert-OH is 2. The molecule has 3 atom stereocenters. The van der Waals surface area contributed by atoms with E-state index in [2.05, 4.69) is 54.8 Å². The Hall–Kier alpha value is -1.81. The quantitative estimate of drug-likeness (QED) is 0.0238. The van der Waals surface area contributed by atoms with Crippen molar-refractivity contribution in [2.45, 2.75) is 193 Å². The molecule has 0 bridgehead atoms. The van der Waals surface area contributed by atoms with Crippen LogP contribution >= 0.6 is 7.82 Å². The minimum Gasteiger partial charge on any atom is -0.462 e. The number of ether oxygens (including phenoxy) is 2. The normalized spacial score (nSPS) is 14.3. The molecule has 11 heteroatoms. The fourth-order valence-corrected chi connectivity index (χ4v) is 6.39. The molecule has 0 fully saturated rings. The standard InChI is InChI=1S/C42H77O10P/c1-3-5-7-9-11-13-15-17-19-21-23-25-27-29-31-33-41(45)49-37-40(38-51-53(47,48)50-36-39(44)35-43)52-42(46)34-32-30-28-26-24-22-20-18-16-14-12-10-8-6-4-2/h5,7,11,13,17,19,39-40,43-44H,3-4,6,8-10,12,14-16,18,20-38H2,1-2H3,(H,47,48)/b7-5+,13-11+,19-17+/t39-,40+/m0/s1. The van der Waals surface area contributed by atoms with E-state index in [0.717, 1.165) is 70.6 Å². The maximum absolute atomic E-state index is 12.6. The Bertz CT molecular complexity index is 983. The summed E-state index contributed by atoms with van der Waals surface area (Å²) in [6.07, 6.45) is 38.2. The van der Waals surface area contributed by atoms with E-state index in [1.807, 2.05) is 0 Å². The van der Waals surface area contributed by atoms with Gasteiger partial charge in [-0.15, -0.1) is 0 Å². The number of unbranched alkanes of at least 4 members (excludes halogenated alkanes) is 19. The first-order valence-corrected chi connectivity index (χ1v) is 22.4.